The van der Waals surface area contributed by atoms with E-state index in [4.69, 9.17) is 21.1 Å². The van der Waals surface area contributed by atoms with Crippen LogP contribution in [0.25, 0.3) is 0 Å². The fraction of sp³-hybridized carbons (Fsp3) is 0.600. The molecule has 1 aromatic carbocycles. The third kappa shape index (κ3) is 5.50. The zero-order valence-corrected chi connectivity index (χ0v) is 17.8. The van der Waals surface area contributed by atoms with Crippen LogP contribution in [-0.2, 0) is 9.53 Å². The van der Waals surface area contributed by atoms with Gasteiger partial charge < -0.3 is 29.3 Å². The molecule has 3 aliphatic rings. The smallest absolute Gasteiger partial charge is 0.489 e. The lowest BCUT2D eigenvalue weighted by atomic mass is 10.0. The predicted octanol–water partition coefficient (Wildman–Crippen LogP) is 2.79. The molecule has 2 atom stereocenters. The van der Waals surface area contributed by atoms with Gasteiger partial charge in [0, 0.05) is 45.1 Å². The molecule has 0 aromatic heterocycles. The highest BCUT2D eigenvalue weighted by Crippen LogP contribution is 2.33. The molecule has 3 saturated heterocycles. The van der Waals surface area contributed by atoms with Gasteiger partial charge in [-0.2, -0.15) is 0 Å². The molecule has 0 bridgehead atoms. The van der Waals surface area contributed by atoms with Crippen molar-refractivity contribution in [2.45, 2.75) is 43.9 Å². The first-order valence-electron chi connectivity index (χ1n) is 10.3. The molecule has 32 heavy (non-hydrogen) atoms. The Labute approximate surface area is 187 Å². The monoisotopic (exact) mass is 477 g/mol. The van der Waals surface area contributed by atoms with Gasteiger partial charge >= 0.3 is 12.4 Å². The summed E-state index contributed by atoms with van der Waals surface area (Å²) < 4.78 is 52.2. The van der Waals surface area contributed by atoms with E-state index in [2.05, 4.69) is 10.1 Å². The van der Waals surface area contributed by atoms with Crippen molar-refractivity contribution in [3.63, 3.8) is 0 Å². The van der Waals surface area contributed by atoms with Gasteiger partial charge in [0.05, 0.1) is 17.2 Å². The third-order valence-corrected chi connectivity index (χ3v) is 6.03. The molecule has 3 heterocycles. The maximum atomic E-state index is 12.9. The number of nitrogens with zero attached hydrogens (tertiary/aromatic N) is 2. The average Bonchev–Trinajstić information content (AvgIpc) is 2.74. The predicted molar refractivity (Wildman–Crippen MR) is 107 cm³/mol. The quantitative estimate of drug-likeness (QED) is 0.724. The number of carbonyl (C=O) groups excluding carboxylic acids is 2. The molecule has 0 radical (unpaired) electrons. The summed E-state index contributed by atoms with van der Waals surface area (Å²) in [6, 6.07) is 3.26. The summed E-state index contributed by atoms with van der Waals surface area (Å²) in [6.07, 6.45) is -3.29. The molecular weight excluding hydrogens is 455 g/mol. The Morgan fingerprint density at radius 1 is 1.16 bits per heavy atom. The minimum Gasteiger partial charge on any atom is -0.489 e. The zero-order chi connectivity index (χ0) is 22.9. The molecule has 0 saturated carbocycles. The normalized spacial score (nSPS) is 24.6. The van der Waals surface area contributed by atoms with Gasteiger partial charge in [-0.05, 0) is 18.6 Å². The number of hydrogen-bond donors (Lipinski definition) is 1. The van der Waals surface area contributed by atoms with Gasteiger partial charge in [0.2, 0.25) is 5.91 Å². The lowest BCUT2D eigenvalue weighted by molar-refractivity contribution is -0.274. The highest BCUT2D eigenvalue weighted by atomic mass is 35.5. The van der Waals surface area contributed by atoms with Crippen LogP contribution in [0.5, 0.6) is 11.5 Å². The summed E-state index contributed by atoms with van der Waals surface area (Å²) in [5.74, 6) is -0.324. The van der Waals surface area contributed by atoms with Crippen molar-refractivity contribution in [2.24, 2.45) is 0 Å². The number of hydrogen-bond acceptors (Lipinski definition) is 5. The molecule has 1 unspecified atom stereocenters. The maximum Gasteiger partial charge on any atom is 0.573 e. The number of halogens is 4. The molecule has 1 N–H and O–H groups in total. The van der Waals surface area contributed by atoms with E-state index in [1.165, 1.54) is 6.07 Å². The Hall–Kier alpha value is -2.40. The number of piperidine rings is 2. The Morgan fingerprint density at radius 2 is 1.88 bits per heavy atom. The lowest BCUT2D eigenvalue weighted by Crippen LogP contribution is -2.62. The first kappa shape index (κ1) is 22.8. The van der Waals surface area contributed by atoms with Crippen LogP contribution in [0.15, 0.2) is 18.2 Å². The van der Waals surface area contributed by atoms with Gasteiger partial charge in [0.25, 0.3) is 0 Å². The molecule has 4 rings (SSSR count). The Kier molecular flexibility index (Phi) is 6.57. The van der Waals surface area contributed by atoms with Crippen LogP contribution in [0.1, 0.15) is 19.3 Å². The molecule has 3 fully saturated rings. The number of urea groups is 1. The van der Waals surface area contributed by atoms with E-state index in [0.29, 0.717) is 45.4 Å². The molecule has 0 aliphatic carbocycles. The summed E-state index contributed by atoms with van der Waals surface area (Å²) in [5.41, 5.74) is 0. The van der Waals surface area contributed by atoms with Crippen LogP contribution in [0.2, 0.25) is 5.02 Å². The molecule has 3 aliphatic heterocycles. The summed E-state index contributed by atoms with van der Waals surface area (Å²) in [4.78, 5) is 27.9. The molecular formula is C20H23ClF3N3O5. The Balaban J connectivity index is 1.27. The topological polar surface area (TPSA) is 80.3 Å². The second kappa shape index (κ2) is 9.22. The number of likely N-dealkylation sites (tertiary alicyclic amines) is 2. The van der Waals surface area contributed by atoms with Crippen molar-refractivity contribution in [2.75, 3.05) is 32.8 Å². The molecule has 12 heteroatoms. The standard InChI is InChI=1S/C20H23ClF3N3O5/c21-14-9-13(32-20(22,23)24)1-2-16(14)31-12-3-6-26(7-4-12)19(29)27-8-5-17-15(10-27)25-18(28)11-30-17/h1-2,9,12,15,17H,3-8,10-11H2,(H,25,28)/t15-,17?/m1/s1. The summed E-state index contributed by atoms with van der Waals surface area (Å²) in [6.45, 7) is 1.99. The minimum atomic E-state index is -4.80. The summed E-state index contributed by atoms with van der Waals surface area (Å²) >= 11 is 6.04. The van der Waals surface area contributed by atoms with E-state index in [9.17, 15) is 22.8 Å². The van der Waals surface area contributed by atoms with E-state index in [1.807, 2.05) is 0 Å². The van der Waals surface area contributed by atoms with E-state index in [-0.39, 0.29) is 47.6 Å². The minimum absolute atomic E-state index is 0.0184. The second-order valence-corrected chi connectivity index (χ2v) is 8.39. The summed E-state index contributed by atoms with van der Waals surface area (Å²) in [5, 5.41) is 2.90. The Morgan fingerprint density at radius 3 is 2.56 bits per heavy atom. The van der Waals surface area contributed by atoms with E-state index >= 15 is 0 Å². The van der Waals surface area contributed by atoms with Gasteiger partial charge in [-0.25, -0.2) is 4.79 Å². The SMILES string of the molecule is O=C1COC2CCN(C(=O)N3CCC(Oc4ccc(OC(F)(F)F)cc4Cl)CC3)C[C@H]2N1. The van der Waals surface area contributed by atoms with Gasteiger partial charge in [-0.3, -0.25) is 4.79 Å². The number of nitrogens with one attached hydrogen (secondary N) is 1. The van der Waals surface area contributed by atoms with Crippen LogP contribution in [-0.4, -0.2) is 79.1 Å². The first-order chi connectivity index (χ1) is 15.2. The van der Waals surface area contributed by atoms with Gasteiger partial charge in [-0.15, -0.1) is 13.2 Å². The van der Waals surface area contributed by atoms with Crippen LogP contribution < -0.4 is 14.8 Å². The van der Waals surface area contributed by atoms with Crippen LogP contribution >= 0.6 is 11.6 Å². The zero-order valence-electron chi connectivity index (χ0n) is 17.1. The number of fused-ring (bicyclic) bond motifs is 1. The largest absolute Gasteiger partial charge is 0.573 e. The molecule has 8 nitrogen and oxygen atoms in total. The number of ether oxygens (including phenoxy) is 3. The summed E-state index contributed by atoms with van der Waals surface area (Å²) in [7, 11) is 0. The van der Waals surface area contributed by atoms with Gasteiger partial charge in [-0.1, -0.05) is 11.6 Å². The van der Waals surface area contributed by atoms with Crippen molar-refractivity contribution in [1.29, 1.82) is 0 Å². The number of rotatable bonds is 3. The average molecular weight is 478 g/mol. The maximum absolute atomic E-state index is 12.9. The molecule has 1 aromatic rings. The Bertz CT molecular complexity index is 863. The van der Waals surface area contributed by atoms with Crippen molar-refractivity contribution < 1.29 is 37.0 Å². The van der Waals surface area contributed by atoms with E-state index in [1.54, 1.807) is 9.80 Å². The fourth-order valence-electron chi connectivity index (χ4n) is 4.19. The van der Waals surface area contributed by atoms with Crippen LogP contribution in [0, 0.1) is 0 Å². The third-order valence-electron chi connectivity index (χ3n) is 5.74. The molecule has 3 amide bonds. The highest BCUT2D eigenvalue weighted by molar-refractivity contribution is 6.32. The molecule has 0 spiro atoms. The molecule has 176 valence electrons. The fourth-order valence-corrected chi connectivity index (χ4v) is 4.41. The number of morpholine rings is 1. The lowest BCUT2D eigenvalue weighted by Gasteiger charge is -2.43. The van der Waals surface area contributed by atoms with Crippen molar-refractivity contribution in [3.05, 3.63) is 23.2 Å². The number of alkyl halides is 3. The number of benzene rings is 1. The van der Waals surface area contributed by atoms with Crippen molar-refractivity contribution in [3.8, 4) is 11.5 Å². The van der Waals surface area contributed by atoms with Crippen LogP contribution in [0.4, 0.5) is 18.0 Å². The van der Waals surface area contributed by atoms with Gasteiger partial charge in [0.1, 0.15) is 24.2 Å². The number of carbonyl (C=O) groups is 2. The van der Waals surface area contributed by atoms with Crippen molar-refractivity contribution >= 4 is 23.5 Å². The second-order valence-electron chi connectivity index (χ2n) is 7.99. The van der Waals surface area contributed by atoms with E-state index < -0.39 is 12.1 Å². The van der Waals surface area contributed by atoms with E-state index in [0.717, 1.165) is 12.1 Å². The van der Waals surface area contributed by atoms with Crippen molar-refractivity contribution in [1.82, 2.24) is 15.1 Å². The number of amides is 3. The highest BCUT2D eigenvalue weighted by Gasteiger charge is 2.38. The van der Waals surface area contributed by atoms with Gasteiger partial charge in [0.15, 0.2) is 0 Å². The van der Waals surface area contributed by atoms with Crippen LogP contribution in [0.3, 0.4) is 0 Å². The first-order valence-corrected chi connectivity index (χ1v) is 10.7.